The molecule has 0 aliphatic heterocycles. The van der Waals surface area contributed by atoms with Gasteiger partial charge in [-0.25, -0.2) is 5.43 Å². The predicted octanol–water partition coefficient (Wildman–Crippen LogP) is 3.81. The molecule has 3 aromatic rings. The maximum atomic E-state index is 5.84. The highest BCUT2D eigenvalue weighted by Crippen LogP contribution is 2.33. The third kappa shape index (κ3) is 1.99. The lowest BCUT2D eigenvalue weighted by molar-refractivity contribution is 0.477. The van der Waals surface area contributed by atoms with Crippen molar-refractivity contribution in [3.05, 3.63) is 56.9 Å². The minimum Gasteiger partial charge on any atom is -0.459 e. The van der Waals surface area contributed by atoms with Crippen LogP contribution in [0.2, 0.25) is 0 Å². The van der Waals surface area contributed by atoms with E-state index >= 15 is 0 Å². The van der Waals surface area contributed by atoms with E-state index in [2.05, 4.69) is 26.7 Å². The Morgan fingerprint density at radius 3 is 2.78 bits per heavy atom. The van der Waals surface area contributed by atoms with E-state index in [0.29, 0.717) is 0 Å². The highest BCUT2D eigenvalue weighted by atomic mass is 79.9. The second-order valence-electron chi connectivity index (χ2n) is 3.96. The molecule has 1 atom stereocenters. The Labute approximate surface area is 117 Å². The zero-order valence-electron chi connectivity index (χ0n) is 9.39. The fourth-order valence-corrected chi connectivity index (χ4v) is 3.52. The summed E-state index contributed by atoms with van der Waals surface area (Å²) < 4.78 is 6.88. The summed E-state index contributed by atoms with van der Waals surface area (Å²) >= 11 is 5.15. The van der Waals surface area contributed by atoms with Crippen LogP contribution in [0.25, 0.3) is 11.0 Å². The van der Waals surface area contributed by atoms with Gasteiger partial charge in [0.1, 0.15) is 17.4 Å². The van der Waals surface area contributed by atoms with Gasteiger partial charge >= 0.3 is 0 Å². The van der Waals surface area contributed by atoms with Gasteiger partial charge in [0, 0.05) is 20.8 Å². The van der Waals surface area contributed by atoms with E-state index < -0.39 is 0 Å². The lowest BCUT2D eigenvalue weighted by Crippen LogP contribution is -2.28. The molecule has 18 heavy (non-hydrogen) atoms. The van der Waals surface area contributed by atoms with Crippen molar-refractivity contribution < 1.29 is 4.42 Å². The number of hydrogen-bond donors (Lipinski definition) is 2. The van der Waals surface area contributed by atoms with Gasteiger partial charge in [-0.15, -0.1) is 0 Å². The van der Waals surface area contributed by atoms with E-state index in [1.54, 1.807) is 11.3 Å². The number of furan rings is 1. The molecule has 0 saturated heterocycles. The van der Waals surface area contributed by atoms with E-state index in [9.17, 15) is 0 Å². The number of rotatable bonds is 3. The van der Waals surface area contributed by atoms with Gasteiger partial charge in [-0.1, -0.05) is 18.2 Å². The summed E-state index contributed by atoms with van der Waals surface area (Å²) in [7, 11) is 0. The van der Waals surface area contributed by atoms with Crippen LogP contribution in [0.1, 0.15) is 17.4 Å². The van der Waals surface area contributed by atoms with Crippen LogP contribution in [0, 0.1) is 0 Å². The van der Waals surface area contributed by atoms with Crippen LogP contribution in [0.5, 0.6) is 0 Å². The first-order valence-electron chi connectivity index (χ1n) is 5.46. The summed E-state index contributed by atoms with van der Waals surface area (Å²) in [5.41, 5.74) is 4.76. The molecule has 2 heterocycles. The molecule has 0 bridgehead atoms. The van der Waals surface area contributed by atoms with Gasteiger partial charge in [0.25, 0.3) is 0 Å². The first-order chi connectivity index (χ1) is 8.79. The second-order valence-corrected chi connectivity index (χ2v) is 5.56. The normalized spacial score (nSPS) is 13.0. The van der Waals surface area contributed by atoms with Crippen LogP contribution in [-0.2, 0) is 0 Å². The molecular weight excluding hydrogens is 312 g/mol. The number of benzene rings is 1. The highest BCUT2D eigenvalue weighted by Gasteiger charge is 2.20. The maximum absolute atomic E-state index is 5.84. The van der Waals surface area contributed by atoms with Crippen LogP contribution >= 0.6 is 27.3 Å². The van der Waals surface area contributed by atoms with E-state index in [1.807, 2.05) is 35.7 Å². The molecule has 1 aromatic carbocycles. The minimum absolute atomic E-state index is 0.141. The van der Waals surface area contributed by atoms with Crippen LogP contribution < -0.4 is 11.3 Å². The minimum atomic E-state index is -0.141. The summed E-state index contributed by atoms with van der Waals surface area (Å²) in [5, 5.41) is 5.17. The van der Waals surface area contributed by atoms with Crippen LogP contribution in [0.3, 0.4) is 0 Å². The van der Waals surface area contributed by atoms with Gasteiger partial charge in [-0.3, -0.25) is 5.84 Å². The molecule has 3 rings (SSSR count). The summed E-state index contributed by atoms with van der Waals surface area (Å²) in [6.45, 7) is 0. The zero-order chi connectivity index (χ0) is 12.5. The number of para-hydroxylation sites is 1. The monoisotopic (exact) mass is 322 g/mol. The number of nitrogens with two attached hydrogens (primary N) is 1. The van der Waals surface area contributed by atoms with Gasteiger partial charge < -0.3 is 4.42 Å². The van der Waals surface area contributed by atoms with Crippen molar-refractivity contribution in [3.63, 3.8) is 0 Å². The number of fused-ring (bicyclic) bond motifs is 1. The molecule has 0 amide bonds. The summed E-state index contributed by atoms with van der Waals surface area (Å²) in [6.07, 6.45) is 0. The molecule has 0 saturated carbocycles. The van der Waals surface area contributed by atoms with Crippen LogP contribution in [0.4, 0.5) is 0 Å². The van der Waals surface area contributed by atoms with Gasteiger partial charge in [0.05, 0.1) is 0 Å². The van der Waals surface area contributed by atoms with Crippen molar-refractivity contribution >= 4 is 38.2 Å². The molecule has 92 valence electrons. The maximum Gasteiger partial charge on any atom is 0.134 e. The topological polar surface area (TPSA) is 51.2 Å². The van der Waals surface area contributed by atoms with Crippen molar-refractivity contribution in [2.24, 2.45) is 5.84 Å². The average Bonchev–Trinajstić information content (AvgIpc) is 2.97. The van der Waals surface area contributed by atoms with E-state index in [4.69, 9.17) is 10.3 Å². The van der Waals surface area contributed by atoms with E-state index in [-0.39, 0.29) is 6.04 Å². The largest absolute Gasteiger partial charge is 0.459 e. The molecule has 0 aliphatic carbocycles. The van der Waals surface area contributed by atoms with Crippen LogP contribution in [-0.4, -0.2) is 0 Å². The Bertz CT molecular complexity index is 643. The molecule has 5 heteroatoms. The molecule has 3 N–H and O–H groups in total. The molecule has 1 unspecified atom stereocenters. The SMILES string of the molecule is NNC(c1cc2ccccc2o1)c1cscc1Br. The summed E-state index contributed by atoms with van der Waals surface area (Å²) in [5.74, 6) is 6.48. The predicted molar refractivity (Wildman–Crippen MR) is 77.4 cm³/mol. The van der Waals surface area contributed by atoms with Gasteiger partial charge in [0.2, 0.25) is 0 Å². The zero-order valence-corrected chi connectivity index (χ0v) is 11.8. The van der Waals surface area contributed by atoms with E-state index in [1.165, 1.54) is 0 Å². The first kappa shape index (κ1) is 11.9. The number of hydrogen-bond acceptors (Lipinski definition) is 4. The van der Waals surface area contributed by atoms with Crippen molar-refractivity contribution in [2.75, 3.05) is 0 Å². The standard InChI is InChI=1S/C13H11BrN2OS/c14-10-7-18-6-9(10)13(16-15)12-5-8-3-1-2-4-11(8)17-12/h1-7,13,16H,15H2. The lowest BCUT2D eigenvalue weighted by atomic mass is 10.1. The molecule has 2 aromatic heterocycles. The number of thiophene rings is 1. The molecule has 0 radical (unpaired) electrons. The lowest BCUT2D eigenvalue weighted by Gasteiger charge is -2.12. The number of nitrogens with one attached hydrogen (secondary N) is 1. The van der Waals surface area contributed by atoms with Gasteiger partial charge in [0.15, 0.2) is 0 Å². The molecule has 0 fully saturated rings. The summed E-state index contributed by atoms with van der Waals surface area (Å²) in [6, 6.07) is 9.81. The van der Waals surface area contributed by atoms with Gasteiger partial charge in [-0.05, 0) is 33.4 Å². The second kappa shape index (κ2) is 4.85. The van der Waals surface area contributed by atoms with E-state index in [0.717, 1.165) is 26.8 Å². The Morgan fingerprint density at radius 2 is 2.11 bits per heavy atom. The van der Waals surface area contributed by atoms with Crippen molar-refractivity contribution in [1.82, 2.24) is 5.43 Å². The van der Waals surface area contributed by atoms with Crippen LogP contribution in [0.15, 0.2) is 50.0 Å². The van der Waals surface area contributed by atoms with Crippen molar-refractivity contribution in [3.8, 4) is 0 Å². The Kier molecular flexibility index (Phi) is 3.22. The third-order valence-corrected chi connectivity index (χ3v) is 4.60. The number of hydrazine groups is 1. The quantitative estimate of drug-likeness (QED) is 0.569. The molecule has 3 nitrogen and oxygen atoms in total. The molecule has 0 aliphatic rings. The number of halogens is 1. The first-order valence-corrected chi connectivity index (χ1v) is 7.19. The Balaban J connectivity index is 2.09. The van der Waals surface area contributed by atoms with Crippen molar-refractivity contribution in [2.45, 2.75) is 6.04 Å². The van der Waals surface area contributed by atoms with Gasteiger partial charge in [-0.2, -0.15) is 11.3 Å². The van der Waals surface area contributed by atoms with Crippen molar-refractivity contribution in [1.29, 1.82) is 0 Å². The Morgan fingerprint density at radius 1 is 1.28 bits per heavy atom. The average molecular weight is 323 g/mol. The summed E-state index contributed by atoms with van der Waals surface area (Å²) in [4.78, 5) is 0. The Hall–Kier alpha value is -1.14. The highest BCUT2D eigenvalue weighted by molar-refractivity contribution is 9.10. The fraction of sp³-hybridized carbons (Fsp3) is 0.0769. The molecule has 0 spiro atoms. The fourth-order valence-electron chi connectivity index (χ4n) is 1.97. The third-order valence-electron chi connectivity index (χ3n) is 2.85. The molecular formula is C13H11BrN2OS. The smallest absolute Gasteiger partial charge is 0.134 e.